The van der Waals surface area contributed by atoms with Crippen LogP contribution in [0, 0.1) is 0 Å². The third kappa shape index (κ3) is 2.99. The van der Waals surface area contributed by atoms with E-state index in [0.29, 0.717) is 11.3 Å². The van der Waals surface area contributed by atoms with Gasteiger partial charge in [-0.25, -0.2) is 4.39 Å². The molecule has 2 unspecified atom stereocenters. The molecule has 24 heavy (non-hydrogen) atoms. The summed E-state index contributed by atoms with van der Waals surface area (Å²) in [5.41, 5.74) is -0.603. The van der Waals surface area contributed by atoms with Gasteiger partial charge in [-0.1, -0.05) is 36.4 Å². The number of alkyl halides is 1. The average Bonchev–Trinajstić information content (AvgIpc) is 3.00. The van der Waals surface area contributed by atoms with Gasteiger partial charge in [-0.2, -0.15) is 0 Å². The molecule has 0 aliphatic carbocycles. The van der Waals surface area contributed by atoms with Crippen molar-refractivity contribution in [3.05, 3.63) is 65.7 Å². The second kappa shape index (κ2) is 6.61. The van der Waals surface area contributed by atoms with E-state index in [1.54, 1.807) is 24.3 Å². The van der Waals surface area contributed by atoms with Crippen LogP contribution in [0.2, 0.25) is 0 Å². The summed E-state index contributed by atoms with van der Waals surface area (Å²) in [5.74, 6) is -0.227. The van der Waals surface area contributed by atoms with Crippen LogP contribution in [0.4, 0.5) is 4.39 Å². The van der Waals surface area contributed by atoms with Crippen molar-refractivity contribution in [1.29, 1.82) is 0 Å². The number of carbonyl (C=O) groups excluding carboxylic acids is 1. The number of benzene rings is 2. The molecule has 1 saturated heterocycles. The summed E-state index contributed by atoms with van der Waals surface area (Å²) in [6.45, 7) is -0.509. The molecule has 4 nitrogen and oxygen atoms in total. The summed E-state index contributed by atoms with van der Waals surface area (Å²) in [6, 6.07) is 16.0. The van der Waals surface area contributed by atoms with Gasteiger partial charge in [-0.3, -0.25) is 4.79 Å². The first kappa shape index (κ1) is 16.5. The monoisotopic (exact) mass is 329 g/mol. The molecule has 1 aliphatic heterocycles. The highest BCUT2D eigenvalue weighted by Gasteiger charge is 2.49. The van der Waals surface area contributed by atoms with Crippen LogP contribution in [0.3, 0.4) is 0 Å². The lowest BCUT2D eigenvalue weighted by Gasteiger charge is -2.23. The summed E-state index contributed by atoms with van der Waals surface area (Å²) >= 11 is 0. The Balaban J connectivity index is 1.86. The van der Waals surface area contributed by atoms with Gasteiger partial charge in [-0.05, 0) is 23.8 Å². The van der Waals surface area contributed by atoms with Gasteiger partial charge >= 0.3 is 0 Å². The lowest BCUT2D eigenvalue weighted by Crippen LogP contribution is -2.37. The molecule has 0 saturated carbocycles. The Hall–Kier alpha value is -2.40. The normalized spacial score (nSPS) is 23.3. The Morgan fingerprint density at radius 2 is 2.04 bits per heavy atom. The molecule has 126 valence electrons. The largest absolute Gasteiger partial charge is 0.497 e. The van der Waals surface area contributed by atoms with Crippen LogP contribution < -0.4 is 4.74 Å². The molecule has 0 bridgehead atoms. The molecule has 1 heterocycles. The van der Waals surface area contributed by atoms with Gasteiger partial charge in [0, 0.05) is 18.0 Å². The van der Waals surface area contributed by atoms with E-state index in [9.17, 15) is 9.90 Å². The Morgan fingerprint density at radius 1 is 1.29 bits per heavy atom. The maximum absolute atomic E-state index is 15.2. The molecule has 1 aliphatic rings. The number of aliphatic hydroxyl groups is 1. The van der Waals surface area contributed by atoms with Gasteiger partial charge in [-0.15, -0.1) is 0 Å². The summed E-state index contributed by atoms with van der Waals surface area (Å²) in [5, 5.41) is 9.58. The fourth-order valence-corrected chi connectivity index (χ4v) is 3.22. The van der Waals surface area contributed by atoms with Gasteiger partial charge in [0.15, 0.2) is 5.67 Å². The topological polar surface area (TPSA) is 49.8 Å². The van der Waals surface area contributed by atoms with Crippen molar-refractivity contribution in [1.82, 2.24) is 4.90 Å². The molecule has 0 radical (unpaired) electrons. The average molecular weight is 329 g/mol. The van der Waals surface area contributed by atoms with Crippen molar-refractivity contribution in [3.63, 3.8) is 0 Å². The van der Waals surface area contributed by atoms with Gasteiger partial charge < -0.3 is 14.7 Å². The second-order valence-electron chi connectivity index (χ2n) is 6.07. The molecule has 0 spiro atoms. The summed E-state index contributed by atoms with van der Waals surface area (Å²) < 4.78 is 20.3. The number of hydrogen-bond donors (Lipinski definition) is 1. The molecule has 2 aromatic rings. The maximum atomic E-state index is 15.2. The summed E-state index contributed by atoms with van der Waals surface area (Å²) in [4.78, 5) is 14.2. The van der Waals surface area contributed by atoms with Crippen LogP contribution in [0.15, 0.2) is 54.6 Å². The first-order chi connectivity index (χ1) is 11.6. The highest BCUT2D eigenvalue weighted by Crippen LogP contribution is 2.39. The van der Waals surface area contributed by atoms with Crippen molar-refractivity contribution >= 4 is 5.91 Å². The van der Waals surface area contributed by atoms with E-state index in [4.69, 9.17) is 4.74 Å². The minimum atomic E-state index is -1.84. The van der Waals surface area contributed by atoms with Crippen molar-refractivity contribution < 1.29 is 19.0 Å². The minimum absolute atomic E-state index is 0.126. The third-order valence-electron chi connectivity index (χ3n) is 4.55. The van der Waals surface area contributed by atoms with Gasteiger partial charge in [0.1, 0.15) is 5.75 Å². The predicted molar refractivity (Wildman–Crippen MR) is 89.0 cm³/mol. The zero-order chi connectivity index (χ0) is 17.2. The van der Waals surface area contributed by atoms with Crippen LogP contribution in [-0.2, 0) is 0 Å². The highest BCUT2D eigenvalue weighted by molar-refractivity contribution is 5.95. The Labute approximate surface area is 140 Å². The number of halogens is 1. The van der Waals surface area contributed by atoms with E-state index in [0.717, 1.165) is 5.56 Å². The van der Waals surface area contributed by atoms with Crippen molar-refractivity contribution in [2.75, 3.05) is 26.8 Å². The van der Waals surface area contributed by atoms with E-state index in [-0.39, 0.29) is 19.0 Å². The number of carbonyl (C=O) groups is 1. The second-order valence-corrected chi connectivity index (χ2v) is 6.07. The number of amides is 1. The van der Waals surface area contributed by atoms with Crippen molar-refractivity contribution in [3.8, 4) is 5.75 Å². The fraction of sp³-hybridized carbons (Fsp3) is 0.316. The van der Waals surface area contributed by atoms with Crippen LogP contribution in [0.5, 0.6) is 5.75 Å². The number of hydrogen-bond acceptors (Lipinski definition) is 3. The number of likely N-dealkylation sites (tertiary alicyclic amines) is 1. The van der Waals surface area contributed by atoms with E-state index >= 15 is 4.39 Å². The molecule has 1 fully saturated rings. The number of nitrogens with zero attached hydrogens (tertiary/aromatic N) is 1. The van der Waals surface area contributed by atoms with Gasteiger partial charge in [0.05, 0.1) is 20.3 Å². The third-order valence-corrected chi connectivity index (χ3v) is 4.55. The molecule has 2 atom stereocenters. The highest BCUT2D eigenvalue weighted by atomic mass is 19.1. The molecule has 0 aromatic heterocycles. The van der Waals surface area contributed by atoms with Crippen molar-refractivity contribution in [2.45, 2.75) is 11.6 Å². The molecule has 3 rings (SSSR count). The molecule has 1 N–H and O–H groups in total. The first-order valence-electron chi connectivity index (χ1n) is 7.85. The van der Waals surface area contributed by atoms with Crippen LogP contribution in [0.25, 0.3) is 0 Å². The number of methoxy groups -OCH3 is 1. The zero-order valence-corrected chi connectivity index (χ0v) is 13.5. The lowest BCUT2D eigenvalue weighted by molar-refractivity contribution is 0.0575. The first-order valence-corrected chi connectivity index (χ1v) is 7.85. The molecule has 2 aromatic carbocycles. The summed E-state index contributed by atoms with van der Waals surface area (Å²) in [7, 11) is 1.53. The van der Waals surface area contributed by atoms with E-state index < -0.39 is 18.2 Å². The van der Waals surface area contributed by atoms with Gasteiger partial charge in [0.2, 0.25) is 0 Å². The van der Waals surface area contributed by atoms with E-state index in [1.165, 1.54) is 12.0 Å². The molecule has 5 heteroatoms. The fourth-order valence-electron chi connectivity index (χ4n) is 3.22. The molecular formula is C19H20FNO3. The standard InChI is InChI=1S/C19H20FNO3/c1-24-16-9-5-8-15(10-16)18(23)21-11-17(19(20,12-21)13-22)14-6-3-2-4-7-14/h2-10,17,22H,11-13H2,1H3. The summed E-state index contributed by atoms with van der Waals surface area (Å²) in [6.07, 6.45) is 0. The Kier molecular flexibility index (Phi) is 4.53. The number of ether oxygens (including phenoxy) is 1. The van der Waals surface area contributed by atoms with Crippen LogP contribution in [-0.4, -0.2) is 48.4 Å². The Morgan fingerprint density at radius 3 is 2.71 bits per heavy atom. The minimum Gasteiger partial charge on any atom is -0.497 e. The van der Waals surface area contributed by atoms with E-state index in [2.05, 4.69) is 0 Å². The molecule has 1 amide bonds. The zero-order valence-electron chi connectivity index (χ0n) is 13.5. The SMILES string of the molecule is COc1cccc(C(=O)N2CC(c3ccccc3)C(F)(CO)C2)c1. The Bertz CT molecular complexity index is 722. The van der Waals surface area contributed by atoms with Crippen molar-refractivity contribution in [2.24, 2.45) is 0 Å². The smallest absolute Gasteiger partial charge is 0.254 e. The maximum Gasteiger partial charge on any atom is 0.254 e. The number of aliphatic hydroxyl groups excluding tert-OH is 1. The molecular weight excluding hydrogens is 309 g/mol. The predicted octanol–water partition coefficient (Wildman–Crippen LogP) is 2.64. The quantitative estimate of drug-likeness (QED) is 0.938. The number of rotatable bonds is 4. The van der Waals surface area contributed by atoms with E-state index in [1.807, 2.05) is 30.3 Å². The van der Waals surface area contributed by atoms with Crippen LogP contribution in [0.1, 0.15) is 21.8 Å². The van der Waals surface area contributed by atoms with Crippen LogP contribution >= 0.6 is 0 Å². The lowest BCUT2D eigenvalue weighted by atomic mass is 9.87. The van der Waals surface area contributed by atoms with Gasteiger partial charge in [0.25, 0.3) is 5.91 Å².